The Bertz CT molecular complexity index is 871. The van der Waals surface area contributed by atoms with Crippen LogP contribution in [-0.2, 0) is 14.8 Å². The first-order valence-corrected chi connectivity index (χ1v) is 9.27. The third-order valence-corrected chi connectivity index (χ3v) is 4.75. The second kappa shape index (κ2) is 8.72. The number of carbonyl (C=O) groups excluding carboxylic acids is 1. The molecule has 0 heterocycles. The van der Waals surface area contributed by atoms with Crippen molar-refractivity contribution in [1.82, 2.24) is 4.72 Å². The maximum absolute atomic E-state index is 13.1. The van der Waals surface area contributed by atoms with Crippen molar-refractivity contribution in [3.63, 3.8) is 0 Å². The fraction of sp³-hybridized carbons (Fsp3) is 0.235. The Balaban J connectivity index is 1.86. The predicted molar refractivity (Wildman–Crippen MR) is 92.4 cm³/mol. The molecule has 0 unspecified atom stereocenters. The van der Waals surface area contributed by atoms with Gasteiger partial charge in [-0.1, -0.05) is 0 Å². The van der Waals surface area contributed by atoms with Gasteiger partial charge in [0, 0.05) is 18.7 Å². The van der Waals surface area contributed by atoms with Crippen molar-refractivity contribution >= 4 is 21.6 Å². The van der Waals surface area contributed by atoms with E-state index in [2.05, 4.69) is 10.0 Å². The van der Waals surface area contributed by atoms with E-state index in [0.717, 1.165) is 12.1 Å². The number of amides is 1. The minimum Gasteiger partial charge on any atom is -0.494 e. The van der Waals surface area contributed by atoms with Crippen LogP contribution in [-0.4, -0.2) is 27.5 Å². The van der Waals surface area contributed by atoms with Gasteiger partial charge in [0.15, 0.2) is 11.6 Å². The van der Waals surface area contributed by atoms with E-state index in [-0.39, 0.29) is 13.0 Å². The number of ether oxygens (including phenoxy) is 1. The van der Waals surface area contributed by atoms with E-state index in [0.29, 0.717) is 24.1 Å². The van der Waals surface area contributed by atoms with Crippen LogP contribution in [0.25, 0.3) is 0 Å². The molecule has 26 heavy (non-hydrogen) atoms. The average Bonchev–Trinajstić information content (AvgIpc) is 2.59. The van der Waals surface area contributed by atoms with E-state index in [1.165, 1.54) is 0 Å². The lowest BCUT2D eigenvalue weighted by Gasteiger charge is -2.09. The molecule has 140 valence electrons. The van der Waals surface area contributed by atoms with E-state index in [9.17, 15) is 22.0 Å². The first-order chi connectivity index (χ1) is 12.3. The molecule has 9 heteroatoms. The predicted octanol–water partition coefficient (Wildman–Crippen LogP) is 2.67. The summed E-state index contributed by atoms with van der Waals surface area (Å²) in [5.74, 6) is -2.13. The number of nitrogens with one attached hydrogen (secondary N) is 2. The van der Waals surface area contributed by atoms with E-state index < -0.39 is 32.5 Å². The molecule has 0 saturated carbocycles. The third kappa shape index (κ3) is 5.50. The fourth-order valence-corrected chi connectivity index (χ4v) is 3.09. The molecule has 2 N–H and O–H groups in total. The Morgan fingerprint density at radius 3 is 2.38 bits per heavy atom. The summed E-state index contributed by atoms with van der Waals surface area (Å²) < 4.78 is 57.4. The Hall–Kier alpha value is -2.52. The summed E-state index contributed by atoms with van der Waals surface area (Å²) in [7, 11) is -4.03. The number of sulfonamides is 1. The highest BCUT2D eigenvalue weighted by Crippen LogP contribution is 2.16. The number of hydrogen-bond donors (Lipinski definition) is 2. The van der Waals surface area contributed by atoms with Crippen molar-refractivity contribution in [2.45, 2.75) is 18.2 Å². The zero-order chi connectivity index (χ0) is 19.2. The molecule has 0 atom stereocenters. The van der Waals surface area contributed by atoms with Gasteiger partial charge in [0.05, 0.1) is 11.5 Å². The highest BCUT2D eigenvalue weighted by atomic mass is 32.2. The normalized spacial score (nSPS) is 11.2. The second-order valence-electron chi connectivity index (χ2n) is 5.23. The van der Waals surface area contributed by atoms with Crippen LogP contribution in [0, 0.1) is 11.6 Å². The van der Waals surface area contributed by atoms with Gasteiger partial charge in [-0.3, -0.25) is 4.79 Å². The Kier molecular flexibility index (Phi) is 6.64. The number of halogens is 2. The van der Waals surface area contributed by atoms with E-state index in [1.807, 2.05) is 6.92 Å². The summed E-state index contributed by atoms with van der Waals surface area (Å²) in [5.41, 5.74) is 0.543. The third-order valence-electron chi connectivity index (χ3n) is 3.29. The maximum atomic E-state index is 13.1. The molecule has 6 nitrogen and oxygen atoms in total. The number of benzene rings is 2. The number of hydrogen-bond acceptors (Lipinski definition) is 4. The van der Waals surface area contributed by atoms with Crippen molar-refractivity contribution < 1.29 is 26.7 Å². The number of rotatable bonds is 8. The highest BCUT2D eigenvalue weighted by Gasteiger charge is 2.16. The first kappa shape index (κ1) is 19.8. The fourth-order valence-electron chi connectivity index (χ4n) is 2.05. The molecule has 1 amide bonds. The van der Waals surface area contributed by atoms with Crippen molar-refractivity contribution in [1.29, 1.82) is 0 Å². The SMILES string of the molecule is CCOc1ccc(NC(=O)CCNS(=O)(=O)c2ccc(F)c(F)c2)cc1. The summed E-state index contributed by atoms with van der Waals surface area (Å²) in [6, 6.07) is 8.97. The minimum absolute atomic E-state index is 0.129. The number of carbonyl (C=O) groups is 1. The summed E-state index contributed by atoms with van der Waals surface area (Å²) in [4.78, 5) is 11.4. The van der Waals surface area contributed by atoms with Gasteiger partial charge in [-0.05, 0) is 49.4 Å². The molecular weight excluding hydrogens is 366 g/mol. The largest absolute Gasteiger partial charge is 0.494 e. The van der Waals surface area contributed by atoms with Crippen molar-refractivity contribution in [2.75, 3.05) is 18.5 Å². The molecule has 0 aliphatic carbocycles. The van der Waals surface area contributed by atoms with Gasteiger partial charge in [-0.15, -0.1) is 0 Å². The molecule has 0 bridgehead atoms. The zero-order valence-electron chi connectivity index (χ0n) is 14.0. The van der Waals surface area contributed by atoms with Crippen LogP contribution in [0.15, 0.2) is 47.4 Å². The Morgan fingerprint density at radius 2 is 1.77 bits per heavy atom. The summed E-state index contributed by atoms with van der Waals surface area (Å²) in [6.45, 7) is 2.20. The molecule has 2 aromatic carbocycles. The van der Waals surface area contributed by atoms with Crippen LogP contribution in [0.4, 0.5) is 14.5 Å². The topological polar surface area (TPSA) is 84.5 Å². The lowest BCUT2D eigenvalue weighted by molar-refractivity contribution is -0.116. The highest BCUT2D eigenvalue weighted by molar-refractivity contribution is 7.89. The van der Waals surface area contributed by atoms with Gasteiger partial charge in [0.2, 0.25) is 15.9 Å². The van der Waals surface area contributed by atoms with Crippen molar-refractivity contribution in [3.05, 3.63) is 54.1 Å². The van der Waals surface area contributed by atoms with Crippen LogP contribution < -0.4 is 14.8 Å². The second-order valence-corrected chi connectivity index (χ2v) is 7.00. The quantitative estimate of drug-likeness (QED) is 0.733. The summed E-state index contributed by atoms with van der Waals surface area (Å²) in [6.07, 6.45) is -0.129. The van der Waals surface area contributed by atoms with Gasteiger partial charge in [-0.2, -0.15) is 0 Å². The van der Waals surface area contributed by atoms with Crippen molar-refractivity contribution in [2.24, 2.45) is 0 Å². The van der Waals surface area contributed by atoms with Crippen LogP contribution in [0.2, 0.25) is 0 Å². The molecule has 0 aliphatic heterocycles. The maximum Gasteiger partial charge on any atom is 0.240 e. The molecule has 0 spiro atoms. The molecule has 2 rings (SSSR count). The van der Waals surface area contributed by atoms with Gasteiger partial charge in [0.25, 0.3) is 0 Å². The van der Waals surface area contributed by atoms with Crippen LogP contribution in [0.5, 0.6) is 5.75 Å². The lowest BCUT2D eigenvalue weighted by atomic mass is 10.3. The zero-order valence-corrected chi connectivity index (χ0v) is 14.8. The molecule has 0 radical (unpaired) electrons. The van der Waals surface area contributed by atoms with Gasteiger partial charge in [0.1, 0.15) is 5.75 Å². The molecular formula is C17H18F2N2O4S. The number of anilines is 1. The Labute approximate surface area is 150 Å². The first-order valence-electron chi connectivity index (χ1n) is 7.79. The molecule has 2 aromatic rings. The summed E-state index contributed by atoms with van der Waals surface area (Å²) in [5, 5.41) is 2.61. The molecule has 0 aromatic heterocycles. The van der Waals surface area contributed by atoms with E-state index in [4.69, 9.17) is 4.74 Å². The van der Waals surface area contributed by atoms with E-state index in [1.54, 1.807) is 24.3 Å². The lowest BCUT2D eigenvalue weighted by Crippen LogP contribution is -2.28. The summed E-state index contributed by atoms with van der Waals surface area (Å²) >= 11 is 0. The molecule has 0 aliphatic rings. The van der Waals surface area contributed by atoms with Gasteiger partial charge >= 0.3 is 0 Å². The van der Waals surface area contributed by atoms with Crippen LogP contribution in [0.3, 0.4) is 0 Å². The monoisotopic (exact) mass is 384 g/mol. The van der Waals surface area contributed by atoms with Gasteiger partial charge in [-0.25, -0.2) is 21.9 Å². The van der Waals surface area contributed by atoms with Gasteiger partial charge < -0.3 is 10.1 Å². The van der Waals surface area contributed by atoms with E-state index >= 15 is 0 Å². The van der Waals surface area contributed by atoms with Crippen molar-refractivity contribution in [3.8, 4) is 5.75 Å². The van der Waals surface area contributed by atoms with Crippen LogP contribution in [0.1, 0.15) is 13.3 Å². The molecule has 0 saturated heterocycles. The average molecular weight is 384 g/mol. The smallest absolute Gasteiger partial charge is 0.240 e. The van der Waals surface area contributed by atoms with Crippen LogP contribution >= 0.6 is 0 Å². The molecule has 0 fully saturated rings. The standard InChI is InChI=1S/C17H18F2N2O4S/c1-2-25-13-5-3-12(4-6-13)21-17(22)9-10-20-26(23,24)14-7-8-15(18)16(19)11-14/h3-8,11,20H,2,9-10H2,1H3,(H,21,22). The minimum atomic E-state index is -4.03. The Morgan fingerprint density at radius 1 is 1.08 bits per heavy atom.